The maximum absolute atomic E-state index is 12.4. The molecule has 0 fully saturated rings. The number of methoxy groups -OCH3 is 1. The highest BCUT2D eigenvalue weighted by Gasteiger charge is 2.10. The Hall–Kier alpha value is -3.72. The van der Waals surface area contributed by atoms with Crippen LogP contribution in [-0.2, 0) is 22.4 Å². The molecule has 0 radical (unpaired) electrons. The minimum absolute atomic E-state index is 0.150. The van der Waals surface area contributed by atoms with Crippen molar-refractivity contribution in [3.8, 4) is 22.9 Å². The van der Waals surface area contributed by atoms with E-state index in [9.17, 15) is 9.59 Å². The Balaban J connectivity index is 1.47. The Kier molecular flexibility index (Phi) is 9.60. The van der Waals surface area contributed by atoms with Gasteiger partial charge in [0.1, 0.15) is 23.8 Å². The smallest absolute Gasteiger partial charge is 0.273 e. The van der Waals surface area contributed by atoms with Crippen molar-refractivity contribution in [2.75, 3.05) is 33.5 Å². The second-order valence-corrected chi connectivity index (χ2v) is 7.43. The number of hydrogen-bond donors (Lipinski definition) is 2. The number of hydrogen-bond acceptors (Lipinski definition) is 7. The summed E-state index contributed by atoms with van der Waals surface area (Å²) in [5.74, 6) is 1.70. The number of amides is 1. The highest BCUT2D eigenvalue weighted by Crippen LogP contribution is 2.19. The molecule has 180 valence electrons. The largest absolute Gasteiger partial charge is 0.496 e. The molecule has 34 heavy (non-hydrogen) atoms. The number of carbonyl (C=O) groups excluding carboxylic acids is 1. The molecule has 0 aliphatic rings. The number of nitrogens with one attached hydrogen (secondary N) is 2. The molecule has 0 aliphatic heterocycles. The Morgan fingerprint density at radius 1 is 1.03 bits per heavy atom. The molecule has 0 saturated heterocycles. The summed E-state index contributed by atoms with van der Waals surface area (Å²) in [5.41, 5.74) is 1.60. The molecule has 1 amide bonds. The van der Waals surface area contributed by atoms with Crippen LogP contribution in [0, 0.1) is 0 Å². The third kappa shape index (κ3) is 7.41. The van der Waals surface area contributed by atoms with Crippen molar-refractivity contribution >= 4 is 5.91 Å². The Labute approximate surface area is 198 Å². The molecule has 3 rings (SSSR count). The van der Waals surface area contributed by atoms with E-state index in [1.54, 1.807) is 31.4 Å². The Morgan fingerprint density at radius 2 is 1.82 bits per heavy atom. The molecule has 0 unspecified atom stereocenters. The van der Waals surface area contributed by atoms with Crippen LogP contribution in [0.25, 0.3) is 11.4 Å². The van der Waals surface area contributed by atoms with Crippen LogP contribution in [0.2, 0.25) is 0 Å². The van der Waals surface area contributed by atoms with Gasteiger partial charge in [0, 0.05) is 31.6 Å². The fourth-order valence-electron chi connectivity index (χ4n) is 3.29. The van der Waals surface area contributed by atoms with Crippen LogP contribution in [0.15, 0.2) is 53.3 Å². The molecule has 9 nitrogen and oxygen atoms in total. The SMILES string of the molecule is CCOCCOc1ccc(-c2nnc(CCC(=O)NCCc3ccccc3OC)c(=O)[nH]2)cc1. The van der Waals surface area contributed by atoms with Crippen molar-refractivity contribution in [1.82, 2.24) is 20.5 Å². The number of aromatic amines is 1. The number of aromatic nitrogens is 3. The summed E-state index contributed by atoms with van der Waals surface area (Å²) in [6, 6.07) is 14.9. The van der Waals surface area contributed by atoms with Crippen LogP contribution in [0.4, 0.5) is 0 Å². The predicted octanol–water partition coefficient (Wildman–Crippen LogP) is 2.55. The summed E-state index contributed by atoms with van der Waals surface area (Å²) >= 11 is 0. The first-order chi connectivity index (χ1) is 16.6. The van der Waals surface area contributed by atoms with E-state index in [1.807, 2.05) is 31.2 Å². The van der Waals surface area contributed by atoms with E-state index in [0.29, 0.717) is 49.9 Å². The summed E-state index contributed by atoms with van der Waals surface area (Å²) in [6.45, 7) is 4.05. The monoisotopic (exact) mass is 466 g/mol. The van der Waals surface area contributed by atoms with E-state index in [2.05, 4.69) is 20.5 Å². The number of H-pyrrole nitrogens is 1. The number of nitrogens with zero attached hydrogens (tertiary/aromatic N) is 2. The molecule has 1 heterocycles. The lowest BCUT2D eigenvalue weighted by Gasteiger charge is -2.09. The zero-order valence-corrected chi connectivity index (χ0v) is 19.5. The van der Waals surface area contributed by atoms with Crippen molar-refractivity contribution < 1.29 is 19.0 Å². The van der Waals surface area contributed by atoms with Crippen LogP contribution < -0.4 is 20.3 Å². The molecule has 2 aromatic carbocycles. The molecule has 3 aromatic rings. The molecule has 0 atom stereocenters. The summed E-state index contributed by atoms with van der Waals surface area (Å²) in [4.78, 5) is 27.3. The molecular formula is C25H30N4O5. The number of aryl methyl sites for hydroxylation is 1. The van der Waals surface area contributed by atoms with Crippen LogP contribution in [0.5, 0.6) is 11.5 Å². The lowest BCUT2D eigenvalue weighted by molar-refractivity contribution is -0.121. The first kappa shape index (κ1) is 24.9. The fourth-order valence-corrected chi connectivity index (χ4v) is 3.29. The van der Waals surface area contributed by atoms with E-state index in [-0.39, 0.29) is 30.0 Å². The summed E-state index contributed by atoms with van der Waals surface area (Å²) in [6.07, 6.45) is 1.01. The molecule has 9 heteroatoms. The summed E-state index contributed by atoms with van der Waals surface area (Å²) in [5, 5.41) is 11.0. The third-order valence-corrected chi connectivity index (χ3v) is 5.09. The van der Waals surface area contributed by atoms with Crippen LogP contribution in [-0.4, -0.2) is 54.6 Å². The van der Waals surface area contributed by atoms with Crippen molar-refractivity contribution in [2.45, 2.75) is 26.2 Å². The third-order valence-electron chi connectivity index (χ3n) is 5.09. The zero-order chi connectivity index (χ0) is 24.2. The van der Waals surface area contributed by atoms with Gasteiger partial charge in [0.25, 0.3) is 5.56 Å². The maximum Gasteiger partial charge on any atom is 0.273 e. The van der Waals surface area contributed by atoms with Gasteiger partial charge >= 0.3 is 0 Å². The maximum atomic E-state index is 12.4. The minimum atomic E-state index is -0.358. The Bertz CT molecular complexity index is 1110. The average Bonchev–Trinajstić information content (AvgIpc) is 2.86. The first-order valence-corrected chi connectivity index (χ1v) is 11.3. The van der Waals surface area contributed by atoms with Gasteiger partial charge in [-0.2, -0.15) is 0 Å². The van der Waals surface area contributed by atoms with Crippen LogP contribution in [0.1, 0.15) is 24.6 Å². The number of benzene rings is 2. The normalized spacial score (nSPS) is 10.6. The van der Waals surface area contributed by atoms with E-state index in [0.717, 1.165) is 11.3 Å². The molecule has 0 saturated carbocycles. The van der Waals surface area contributed by atoms with E-state index >= 15 is 0 Å². The zero-order valence-electron chi connectivity index (χ0n) is 19.5. The van der Waals surface area contributed by atoms with Crippen LogP contribution in [0.3, 0.4) is 0 Å². The second-order valence-electron chi connectivity index (χ2n) is 7.43. The van der Waals surface area contributed by atoms with E-state index < -0.39 is 0 Å². The second kappa shape index (κ2) is 13.1. The molecule has 2 N–H and O–H groups in total. The van der Waals surface area contributed by atoms with Gasteiger partial charge in [-0.15, -0.1) is 10.2 Å². The molecule has 0 bridgehead atoms. The average molecular weight is 467 g/mol. The number of ether oxygens (including phenoxy) is 3. The molecule has 0 aliphatic carbocycles. The Morgan fingerprint density at radius 3 is 2.56 bits per heavy atom. The van der Waals surface area contributed by atoms with Gasteiger partial charge in [-0.25, -0.2) is 0 Å². The van der Waals surface area contributed by atoms with E-state index in [1.165, 1.54) is 0 Å². The minimum Gasteiger partial charge on any atom is -0.496 e. The quantitative estimate of drug-likeness (QED) is 0.372. The van der Waals surface area contributed by atoms with Crippen LogP contribution >= 0.6 is 0 Å². The van der Waals surface area contributed by atoms with Gasteiger partial charge in [0.15, 0.2) is 5.82 Å². The molecule has 0 spiro atoms. The summed E-state index contributed by atoms with van der Waals surface area (Å²) < 4.78 is 16.1. The van der Waals surface area contributed by atoms with Gasteiger partial charge in [0.05, 0.1) is 13.7 Å². The first-order valence-electron chi connectivity index (χ1n) is 11.3. The van der Waals surface area contributed by atoms with E-state index in [4.69, 9.17) is 14.2 Å². The topological polar surface area (TPSA) is 115 Å². The summed E-state index contributed by atoms with van der Waals surface area (Å²) in [7, 11) is 1.62. The van der Waals surface area contributed by atoms with Crippen molar-refractivity contribution in [2.24, 2.45) is 0 Å². The van der Waals surface area contributed by atoms with Crippen molar-refractivity contribution in [1.29, 1.82) is 0 Å². The van der Waals surface area contributed by atoms with Crippen molar-refractivity contribution in [3.05, 3.63) is 70.1 Å². The van der Waals surface area contributed by atoms with Gasteiger partial charge in [-0.05, 0) is 49.2 Å². The number of para-hydroxylation sites is 1. The van der Waals surface area contributed by atoms with Gasteiger partial charge < -0.3 is 24.5 Å². The standard InChI is InChI=1S/C25H30N4O5/c1-3-33-16-17-34-20-10-8-19(9-11-20)24-27-25(31)21(28-29-24)12-13-23(30)26-15-14-18-6-4-5-7-22(18)32-2/h4-11H,3,12-17H2,1-2H3,(H,26,30)(H,27,29,31). The predicted molar refractivity (Wildman–Crippen MR) is 128 cm³/mol. The van der Waals surface area contributed by atoms with Gasteiger partial charge in [0.2, 0.25) is 5.91 Å². The number of carbonyl (C=O) groups is 1. The lowest BCUT2D eigenvalue weighted by atomic mass is 10.1. The molecule has 1 aromatic heterocycles. The molecular weight excluding hydrogens is 436 g/mol. The lowest BCUT2D eigenvalue weighted by Crippen LogP contribution is -2.27. The fraction of sp³-hybridized carbons (Fsp3) is 0.360. The van der Waals surface area contributed by atoms with Crippen molar-refractivity contribution in [3.63, 3.8) is 0 Å². The van der Waals surface area contributed by atoms with Gasteiger partial charge in [-0.1, -0.05) is 18.2 Å². The number of rotatable bonds is 13. The highest BCUT2D eigenvalue weighted by atomic mass is 16.5. The van der Waals surface area contributed by atoms with Gasteiger partial charge in [-0.3, -0.25) is 9.59 Å². The highest BCUT2D eigenvalue weighted by molar-refractivity contribution is 5.76.